The molecule has 4 heteroatoms. The highest BCUT2D eigenvalue weighted by molar-refractivity contribution is 7.20. The molecule has 1 N–H and O–H groups in total. The van der Waals surface area contributed by atoms with Crippen LogP contribution in [-0.2, 0) is 6.42 Å². The molecular weight excluding hydrogens is 309 g/mol. The van der Waals surface area contributed by atoms with Gasteiger partial charge in [0.1, 0.15) is 0 Å². The predicted octanol–water partition coefficient (Wildman–Crippen LogP) is 6.03. The lowest BCUT2D eigenvalue weighted by Crippen LogP contribution is -2.22. The average Bonchev–Trinajstić information content (AvgIpc) is 2.78. The summed E-state index contributed by atoms with van der Waals surface area (Å²) in [6.45, 7) is 6.45. The third kappa shape index (κ3) is 3.76. The first-order valence-corrected chi connectivity index (χ1v) is 8.38. The number of rotatable bonds is 5. The Kier molecular flexibility index (Phi) is 5.50. The van der Waals surface area contributed by atoms with Gasteiger partial charge in [0.25, 0.3) is 0 Å². The van der Waals surface area contributed by atoms with Crippen molar-refractivity contribution in [2.45, 2.75) is 39.3 Å². The van der Waals surface area contributed by atoms with Crippen LogP contribution in [0.4, 0.5) is 0 Å². The van der Waals surface area contributed by atoms with Crippen molar-refractivity contribution in [3.8, 4) is 0 Å². The molecule has 0 aliphatic heterocycles. The van der Waals surface area contributed by atoms with Crippen LogP contribution in [0.1, 0.15) is 49.5 Å². The summed E-state index contributed by atoms with van der Waals surface area (Å²) in [5.41, 5.74) is 3.71. The lowest BCUT2D eigenvalue weighted by molar-refractivity contribution is 0.495. The minimum absolute atomic E-state index is 0.173. The van der Waals surface area contributed by atoms with E-state index in [0.29, 0.717) is 0 Å². The third-order valence-electron chi connectivity index (χ3n) is 3.54. The number of halogens is 2. The van der Waals surface area contributed by atoms with E-state index < -0.39 is 0 Å². The first-order valence-electron chi connectivity index (χ1n) is 6.80. The van der Waals surface area contributed by atoms with Crippen molar-refractivity contribution in [2.24, 2.45) is 0 Å². The highest BCUT2D eigenvalue weighted by atomic mass is 35.5. The van der Waals surface area contributed by atoms with Gasteiger partial charge in [-0.2, -0.15) is 0 Å². The maximum atomic E-state index is 6.20. The topological polar surface area (TPSA) is 12.0 Å². The zero-order valence-corrected chi connectivity index (χ0v) is 14.2. The molecular formula is C16H19Cl2NS. The Hall–Kier alpha value is -0.540. The van der Waals surface area contributed by atoms with Gasteiger partial charge in [-0.3, -0.25) is 0 Å². The Balaban J connectivity index is 2.06. The Bertz CT molecular complexity index is 562. The summed E-state index contributed by atoms with van der Waals surface area (Å²) >= 11 is 13.6. The molecule has 1 heterocycles. The predicted molar refractivity (Wildman–Crippen MR) is 90.1 cm³/mol. The van der Waals surface area contributed by atoms with E-state index in [4.69, 9.17) is 23.2 Å². The van der Waals surface area contributed by atoms with E-state index in [0.717, 1.165) is 20.7 Å². The quantitative estimate of drug-likeness (QED) is 0.706. The minimum Gasteiger partial charge on any atom is -0.304 e. The third-order valence-corrected chi connectivity index (χ3v) is 5.06. The molecule has 0 saturated carbocycles. The van der Waals surface area contributed by atoms with E-state index in [-0.39, 0.29) is 12.1 Å². The molecule has 1 aromatic heterocycles. The van der Waals surface area contributed by atoms with Crippen LogP contribution in [0.2, 0.25) is 8.67 Å². The maximum Gasteiger partial charge on any atom is 0.0991 e. The van der Waals surface area contributed by atoms with Crippen LogP contribution in [0.5, 0.6) is 0 Å². The summed E-state index contributed by atoms with van der Waals surface area (Å²) in [6, 6.07) is 11.1. The SMILES string of the molecule is CCc1ccc(C(C)NC(C)c2cc(Cl)sc2Cl)cc1. The lowest BCUT2D eigenvalue weighted by atomic mass is 10.0. The second kappa shape index (κ2) is 6.95. The van der Waals surface area contributed by atoms with Gasteiger partial charge in [0.15, 0.2) is 0 Å². The number of hydrogen-bond acceptors (Lipinski definition) is 2. The first kappa shape index (κ1) is 15.8. The van der Waals surface area contributed by atoms with Crippen LogP contribution in [0.25, 0.3) is 0 Å². The molecule has 0 amide bonds. The summed E-state index contributed by atoms with van der Waals surface area (Å²) in [6.07, 6.45) is 1.07. The molecule has 2 atom stereocenters. The summed E-state index contributed by atoms with van der Waals surface area (Å²) in [5, 5.41) is 3.57. The van der Waals surface area contributed by atoms with E-state index in [2.05, 4.69) is 50.4 Å². The van der Waals surface area contributed by atoms with Gasteiger partial charge in [0, 0.05) is 12.1 Å². The molecule has 108 valence electrons. The zero-order valence-electron chi connectivity index (χ0n) is 11.9. The smallest absolute Gasteiger partial charge is 0.0991 e. The molecule has 0 aliphatic rings. The maximum absolute atomic E-state index is 6.20. The minimum atomic E-state index is 0.173. The zero-order chi connectivity index (χ0) is 14.7. The fraction of sp³-hybridized carbons (Fsp3) is 0.375. The van der Waals surface area contributed by atoms with Crippen molar-refractivity contribution >= 4 is 34.5 Å². The van der Waals surface area contributed by atoms with Gasteiger partial charge in [-0.05, 0) is 43.0 Å². The largest absolute Gasteiger partial charge is 0.304 e. The van der Waals surface area contributed by atoms with Gasteiger partial charge >= 0.3 is 0 Å². The normalized spacial score (nSPS) is 14.2. The number of benzene rings is 1. The number of hydrogen-bond donors (Lipinski definition) is 1. The monoisotopic (exact) mass is 327 g/mol. The standard InChI is InChI=1S/C16H19Cl2NS/c1-4-12-5-7-13(8-6-12)10(2)19-11(3)14-9-15(17)20-16(14)18/h5-11,19H,4H2,1-3H3. The molecule has 1 nitrogen and oxygen atoms in total. The van der Waals surface area contributed by atoms with Crippen LogP contribution in [0.3, 0.4) is 0 Å². The van der Waals surface area contributed by atoms with Crippen molar-refractivity contribution in [1.82, 2.24) is 5.32 Å². The number of aryl methyl sites for hydroxylation is 1. The van der Waals surface area contributed by atoms with E-state index in [1.54, 1.807) is 0 Å². The molecule has 2 rings (SSSR count). The van der Waals surface area contributed by atoms with Crippen molar-refractivity contribution in [3.05, 3.63) is 55.7 Å². The summed E-state index contributed by atoms with van der Waals surface area (Å²) < 4.78 is 1.50. The summed E-state index contributed by atoms with van der Waals surface area (Å²) in [5.74, 6) is 0. The molecule has 0 aliphatic carbocycles. The Morgan fingerprint density at radius 1 is 1.10 bits per heavy atom. The molecule has 0 spiro atoms. The Morgan fingerprint density at radius 2 is 1.75 bits per heavy atom. The van der Waals surface area contributed by atoms with Crippen LogP contribution >= 0.6 is 34.5 Å². The Labute approximate surface area is 134 Å². The van der Waals surface area contributed by atoms with Crippen LogP contribution in [-0.4, -0.2) is 0 Å². The summed E-state index contributed by atoms with van der Waals surface area (Å²) in [7, 11) is 0. The van der Waals surface area contributed by atoms with E-state index in [1.807, 2.05) is 6.07 Å². The van der Waals surface area contributed by atoms with E-state index in [9.17, 15) is 0 Å². The van der Waals surface area contributed by atoms with Gasteiger partial charge in [-0.15, -0.1) is 11.3 Å². The van der Waals surface area contributed by atoms with Gasteiger partial charge in [-0.1, -0.05) is 54.4 Å². The molecule has 0 bridgehead atoms. The second-order valence-corrected chi connectivity index (χ2v) is 7.27. The lowest BCUT2D eigenvalue weighted by Gasteiger charge is -2.20. The highest BCUT2D eigenvalue weighted by Crippen LogP contribution is 2.35. The molecule has 0 radical (unpaired) electrons. The van der Waals surface area contributed by atoms with Crippen molar-refractivity contribution in [3.63, 3.8) is 0 Å². The van der Waals surface area contributed by atoms with Crippen LogP contribution < -0.4 is 5.32 Å². The number of thiophene rings is 1. The molecule has 2 unspecified atom stereocenters. The molecule has 0 saturated heterocycles. The fourth-order valence-electron chi connectivity index (χ4n) is 2.25. The van der Waals surface area contributed by atoms with Gasteiger partial charge in [0.2, 0.25) is 0 Å². The molecule has 20 heavy (non-hydrogen) atoms. The summed E-state index contributed by atoms with van der Waals surface area (Å²) in [4.78, 5) is 0. The van der Waals surface area contributed by atoms with Crippen molar-refractivity contribution in [2.75, 3.05) is 0 Å². The van der Waals surface area contributed by atoms with Crippen LogP contribution in [0, 0.1) is 0 Å². The van der Waals surface area contributed by atoms with E-state index >= 15 is 0 Å². The van der Waals surface area contributed by atoms with Gasteiger partial charge in [-0.25, -0.2) is 0 Å². The van der Waals surface area contributed by atoms with Gasteiger partial charge < -0.3 is 5.32 Å². The fourth-order valence-corrected chi connectivity index (χ4v) is 3.90. The molecule has 2 aromatic rings. The van der Waals surface area contributed by atoms with Crippen molar-refractivity contribution in [1.29, 1.82) is 0 Å². The van der Waals surface area contributed by atoms with E-state index in [1.165, 1.54) is 22.5 Å². The average molecular weight is 328 g/mol. The Morgan fingerprint density at radius 3 is 2.25 bits per heavy atom. The second-order valence-electron chi connectivity index (χ2n) is 4.98. The first-order chi connectivity index (χ1) is 9.51. The highest BCUT2D eigenvalue weighted by Gasteiger charge is 2.16. The number of nitrogens with one attached hydrogen (secondary N) is 1. The van der Waals surface area contributed by atoms with Gasteiger partial charge in [0.05, 0.1) is 8.67 Å². The van der Waals surface area contributed by atoms with Crippen LogP contribution in [0.15, 0.2) is 30.3 Å². The molecule has 1 aromatic carbocycles. The molecule has 0 fully saturated rings. The van der Waals surface area contributed by atoms with Crippen molar-refractivity contribution < 1.29 is 0 Å².